The summed E-state index contributed by atoms with van der Waals surface area (Å²) >= 11 is 0. The van der Waals surface area contributed by atoms with E-state index in [0.29, 0.717) is 12.5 Å². The molecule has 1 unspecified atom stereocenters. The van der Waals surface area contributed by atoms with E-state index < -0.39 is 0 Å². The average Bonchev–Trinajstić information content (AvgIpc) is 2.93. The number of nitrogens with zero attached hydrogens (tertiary/aromatic N) is 1. The lowest BCUT2D eigenvalue weighted by molar-refractivity contribution is -0.121. The number of unbranched alkanes of at least 4 members (excludes halogenated alkanes) is 1. The maximum atomic E-state index is 11.7. The van der Waals surface area contributed by atoms with Gasteiger partial charge in [-0.1, -0.05) is 6.92 Å². The zero-order chi connectivity index (χ0) is 14.2. The maximum absolute atomic E-state index is 11.7. The highest BCUT2D eigenvalue weighted by molar-refractivity contribution is 5.76. The van der Waals surface area contributed by atoms with Gasteiger partial charge in [-0.25, -0.2) is 0 Å². The summed E-state index contributed by atoms with van der Waals surface area (Å²) in [5.74, 6) is 1.13. The van der Waals surface area contributed by atoms with Crippen LogP contribution in [0.15, 0.2) is 0 Å². The Bertz CT molecular complexity index is 281. The molecule has 0 saturated carbocycles. The third kappa shape index (κ3) is 5.80. The lowest BCUT2D eigenvalue weighted by atomic mass is 9.99. The molecule has 4 nitrogen and oxygen atoms in total. The van der Waals surface area contributed by atoms with Gasteiger partial charge in [-0.3, -0.25) is 4.79 Å². The van der Waals surface area contributed by atoms with E-state index in [0.717, 1.165) is 31.8 Å². The first-order valence-corrected chi connectivity index (χ1v) is 8.46. The molecule has 4 heteroatoms. The molecule has 20 heavy (non-hydrogen) atoms. The molecule has 1 atom stereocenters. The zero-order valence-electron chi connectivity index (χ0n) is 13.0. The lowest BCUT2D eigenvalue weighted by Crippen LogP contribution is -2.34. The van der Waals surface area contributed by atoms with E-state index in [2.05, 4.69) is 22.5 Å². The molecule has 2 fully saturated rings. The van der Waals surface area contributed by atoms with Crippen LogP contribution < -0.4 is 10.6 Å². The lowest BCUT2D eigenvalue weighted by Gasteiger charge is -2.30. The van der Waals surface area contributed by atoms with Crippen molar-refractivity contribution in [3.05, 3.63) is 0 Å². The molecule has 0 bridgehead atoms. The van der Waals surface area contributed by atoms with Crippen LogP contribution in [0.2, 0.25) is 0 Å². The summed E-state index contributed by atoms with van der Waals surface area (Å²) in [5, 5.41) is 6.42. The zero-order valence-corrected chi connectivity index (χ0v) is 13.0. The van der Waals surface area contributed by atoms with Gasteiger partial charge in [0, 0.05) is 19.0 Å². The van der Waals surface area contributed by atoms with Crippen LogP contribution in [0.4, 0.5) is 0 Å². The Labute approximate surface area is 123 Å². The molecular weight excluding hydrogens is 250 g/mol. The van der Waals surface area contributed by atoms with Gasteiger partial charge in [0.2, 0.25) is 5.91 Å². The van der Waals surface area contributed by atoms with Crippen molar-refractivity contribution in [2.24, 2.45) is 5.92 Å². The molecule has 1 amide bonds. The van der Waals surface area contributed by atoms with Gasteiger partial charge in [-0.15, -0.1) is 0 Å². The average molecular weight is 281 g/mol. The van der Waals surface area contributed by atoms with E-state index in [1.807, 2.05) is 0 Å². The number of carbonyl (C=O) groups excluding carboxylic acids is 1. The first-order valence-electron chi connectivity index (χ1n) is 8.46. The number of hydrogen-bond acceptors (Lipinski definition) is 3. The number of nitrogens with one attached hydrogen (secondary N) is 2. The highest BCUT2D eigenvalue weighted by Gasteiger charge is 2.17. The Morgan fingerprint density at radius 3 is 2.75 bits per heavy atom. The van der Waals surface area contributed by atoms with Crippen LogP contribution in [0.5, 0.6) is 0 Å². The molecule has 0 spiro atoms. The monoisotopic (exact) mass is 281 g/mol. The molecule has 116 valence electrons. The Kier molecular flexibility index (Phi) is 6.80. The molecule has 0 aromatic heterocycles. The molecule has 0 aromatic carbocycles. The highest BCUT2D eigenvalue weighted by atomic mass is 16.1. The predicted octanol–water partition coefficient (Wildman–Crippen LogP) is 1.76. The minimum Gasteiger partial charge on any atom is -0.356 e. The number of piperidine rings is 1. The summed E-state index contributed by atoms with van der Waals surface area (Å²) in [6, 6.07) is 0.422. The molecule has 2 heterocycles. The van der Waals surface area contributed by atoms with Crippen molar-refractivity contribution in [3.63, 3.8) is 0 Å². The van der Waals surface area contributed by atoms with E-state index >= 15 is 0 Å². The predicted molar refractivity (Wildman–Crippen MR) is 82.7 cm³/mol. The highest BCUT2D eigenvalue weighted by Crippen LogP contribution is 2.16. The number of carbonyl (C=O) groups is 1. The Morgan fingerprint density at radius 2 is 2.05 bits per heavy atom. The van der Waals surface area contributed by atoms with Gasteiger partial charge < -0.3 is 15.5 Å². The van der Waals surface area contributed by atoms with Gasteiger partial charge in [0.15, 0.2) is 0 Å². The fourth-order valence-corrected chi connectivity index (χ4v) is 3.20. The van der Waals surface area contributed by atoms with Gasteiger partial charge in [0.25, 0.3) is 0 Å². The quantitative estimate of drug-likeness (QED) is 0.699. The van der Waals surface area contributed by atoms with E-state index in [1.165, 1.54) is 45.3 Å². The van der Waals surface area contributed by atoms with Crippen LogP contribution in [0.1, 0.15) is 51.9 Å². The smallest absolute Gasteiger partial charge is 0.221 e. The summed E-state index contributed by atoms with van der Waals surface area (Å²) < 4.78 is 0. The van der Waals surface area contributed by atoms with Gasteiger partial charge in [-0.2, -0.15) is 0 Å². The van der Waals surface area contributed by atoms with Crippen LogP contribution in [0, 0.1) is 5.92 Å². The fourth-order valence-electron chi connectivity index (χ4n) is 3.20. The molecule has 2 N–H and O–H groups in total. The van der Waals surface area contributed by atoms with Gasteiger partial charge in [0.05, 0.1) is 0 Å². The molecule has 2 rings (SSSR count). The van der Waals surface area contributed by atoms with Crippen LogP contribution in [-0.4, -0.2) is 49.6 Å². The Morgan fingerprint density at radius 1 is 1.25 bits per heavy atom. The van der Waals surface area contributed by atoms with Crippen molar-refractivity contribution in [1.82, 2.24) is 15.5 Å². The standard InChI is InChI=1S/C16H31N3O/c1-14-6-11-19(12-7-14)10-3-2-8-18-16(20)13-15-5-4-9-17-15/h14-15,17H,2-13H2,1H3,(H,18,20). The molecule has 2 saturated heterocycles. The molecule has 2 aliphatic rings. The molecule has 0 aromatic rings. The third-order valence-electron chi connectivity index (χ3n) is 4.69. The van der Waals surface area contributed by atoms with Crippen LogP contribution in [0.25, 0.3) is 0 Å². The fraction of sp³-hybridized carbons (Fsp3) is 0.938. The number of rotatable bonds is 7. The number of likely N-dealkylation sites (tertiary alicyclic amines) is 1. The summed E-state index contributed by atoms with van der Waals surface area (Å²) in [7, 11) is 0. The van der Waals surface area contributed by atoms with Gasteiger partial charge >= 0.3 is 0 Å². The minimum absolute atomic E-state index is 0.219. The summed E-state index contributed by atoms with van der Waals surface area (Å²) in [5.41, 5.74) is 0. The van der Waals surface area contributed by atoms with Crippen molar-refractivity contribution < 1.29 is 4.79 Å². The normalized spacial score (nSPS) is 24.9. The van der Waals surface area contributed by atoms with E-state index in [1.54, 1.807) is 0 Å². The second-order valence-electron chi connectivity index (χ2n) is 6.58. The minimum atomic E-state index is 0.219. The molecular formula is C16H31N3O. The molecule has 0 aliphatic carbocycles. The van der Waals surface area contributed by atoms with Crippen molar-refractivity contribution in [3.8, 4) is 0 Å². The van der Waals surface area contributed by atoms with E-state index in [-0.39, 0.29) is 5.91 Å². The van der Waals surface area contributed by atoms with Gasteiger partial charge in [-0.05, 0) is 70.6 Å². The third-order valence-corrected chi connectivity index (χ3v) is 4.69. The number of hydrogen-bond donors (Lipinski definition) is 2. The number of amides is 1. The SMILES string of the molecule is CC1CCN(CCCCNC(=O)CC2CCCN2)CC1. The van der Waals surface area contributed by atoms with Crippen LogP contribution in [0.3, 0.4) is 0 Å². The molecule has 2 aliphatic heterocycles. The summed E-state index contributed by atoms with van der Waals surface area (Å²) in [6.07, 6.45) is 8.04. The van der Waals surface area contributed by atoms with Crippen molar-refractivity contribution in [2.45, 2.75) is 57.9 Å². The summed E-state index contributed by atoms with van der Waals surface area (Å²) in [6.45, 7) is 8.00. The van der Waals surface area contributed by atoms with Crippen molar-refractivity contribution >= 4 is 5.91 Å². The largest absolute Gasteiger partial charge is 0.356 e. The van der Waals surface area contributed by atoms with E-state index in [4.69, 9.17) is 0 Å². The van der Waals surface area contributed by atoms with Crippen LogP contribution >= 0.6 is 0 Å². The molecule has 0 radical (unpaired) electrons. The Hall–Kier alpha value is -0.610. The van der Waals surface area contributed by atoms with Crippen molar-refractivity contribution in [1.29, 1.82) is 0 Å². The first kappa shape index (κ1) is 15.8. The summed E-state index contributed by atoms with van der Waals surface area (Å²) in [4.78, 5) is 14.3. The second-order valence-corrected chi connectivity index (χ2v) is 6.58. The Balaban J connectivity index is 1.44. The topological polar surface area (TPSA) is 44.4 Å². The second kappa shape index (κ2) is 8.63. The maximum Gasteiger partial charge on any atom is 0.221 e. The first-order chi connectivity index (χ1) is 9.74. The van der Waals surface area contributed by atoms with E-state index in [9.17, 15) is 4.79 Å². The van der Waals surface area contributed by atoms with Gasteiger partial charge in [0.1, 0.15) is 0 Å². The van der Waals surface area contributed by atoms with Crippen molar-refractivity contribution in [2.75, 3.05) is 32.7 Å². The van der Waals surface area contributed by atoms with Crippen LogP contribution in [-0.2, 0) is 4.79 Å².